The monoisotopic (exact) mass is 379 g/mol. The molecule has 2 aromatic carbocycles. The van der Waals surface area contributed by atoms with E-state index in [-0.39, 0.29) is 17.2 Å². The van der Waals surface area contributed by atoms with Crippen LogP contribution < -0.4 is 15.0 Å². The number of hydrogen-bond acceptors (Lipinski definition) is 5. The lowest BCUT2D eigenvalue weighted by Crippen LogP contribution is -2.29. The molecule has 2 aromatic rings. The number of benzene rings is 2. The second-order valence-corrected chi connectivity index (χ2v) is 6.64. The molecule has 0 aromatic heterocycles. The van der Waals surface area contributed by atoms with Crippen LogP contribution in [0.5, 0.6) is 5.75 Å². The highest BCUT2D eigenvalue weighted by atomic mass is 32.2. The molecule has 1 aliphatic heterocycles. The van der Waals surface area contributed by atoms with Gasteiger partial charge in [0.25, 0.3) is 5.91 Å². The first-order valence-electron chi connectivity index (χ1n) is 8.20. The fraction of sp³-hybridized carbons (Fsp3) is 0.150. The molecular formula is C20H17N3O3S. The Labute approximate surface area is 161 Å². The summed E-state index contributed by atoms with van der Waals surface area (Å²) in [5, 5.41) is 12.6. The Kier molecular flexibility index (Phi) is 5.79. The number of ether oxygens (including phenoxy) is 1. The van der Waals surface area contributed by atoms with E-state index >= 15 is 0 Å². The molecule has 0 spiro atoms. The van der Waals surface area contributed by atoms with Gasteiger partial charge < -0.3 is 10.1 Å². The highest BCUT2D eigenvalue weighted by Gasteiger charge is 2.33. The first-order valence-corrected chi connectivity index (χ1v) is 9.19. The van der Waals surface area contributed by atoms with Crippen molar-refractivity contribution in [3.05, 3.63) is 70.8 Å². The molecule has 1 saturated heterocycles. The number of nitrogens with zero attached hydrogens (tertiary/aromatic N) is 2. The number of carbonyl (C=O) groups excluding carboxylic acids is 2. The van der Waals surface area contributed by atoms with Crippen molar-refractivity contribution in [1.29, 1.82) is 5.26 Å². The van der Waals surface area contributed by atoms with E-state index in [9.17, 15) is 14.9 Å². The van der Waals surface area contributed by atoms with Crippen molar-refractivity contribution in [1.82, 2.24) is 5.32 Å². The van der Waals surface area contributed by atoms with E-state index in [1.165, 1.54) is 16.7 Å². The van der Waals surface area contributed by atoms with Crippen molar-refractivity contribution >= 4 is 29.3 Å². The van der Waals surface area contributed by atoms with Crippen LogP contribution in [0, 0.1) is 11.3 Å². The topological polar surface area (TPSA) is 82.4 Å². The standard InChI is InChI=1S/C20H17N3O3S/c1-26-16-9-7-15(8-10-16)23-18(24)13-27-20(23)17(11-21)19(25)22-12-14-5-3-2-4-6-14/h2-10H,12-13H2,1H3,(H,22,25)/b20-17-. The third-order valence-corrected chi connectivity index (χ3v) is 5.02. The Bertz CT molecular complexity index is 918. The maximum absolute atomic E-state index is 12.6. The highest BCUT2D eigenvalue weighted by molar-refractivity contribution is 8.04. The third-order valence-electron chi connectivity index (χ3n) is 3.96. The van der Waals surface area contributed by atoms with Crippen LogP contribution in [0.1, 0.15) is 5.56 Å². The Morgan fingerprint density at radius 3 is 2.56 bits per heavy atom. The average Bonchev–Trinajstić information content (AvgIpc) is 3.09. The second kappa shape index (κ2) is 8.43. The molecule has 0 saturated carbocycles. The number of methoxy groups -OCH3 is 1. The van der Waals surface area contributed by atoms with Crippen molar-refractivity contribution in [2.45, 2.75) is 6.54 Å². The zero-order valence-corrected chi connectivity index (χ0v) is 15.5. The van der Waals surface area contributed by atoms with E-state index in [0.29, 0.717) is 23.0 Å². The molecule has 0 radical (unpaired) electrons. The Balaban J connectivity index is 1.85. The van der Waals surface area contributed by atoms with Crippen molar-refractivity contribution in [2.75, 3.05) is 17.8 Å². The molecule has 1 fully saturated rings. The van der Waals surface area contributed by atoms with Gasteiger partial charge in [-0.05, 0) is 29.8 Å². The Morgan fingerprint density at radius 2 is 1.93 bits per heavy atom. The molecule has 0 bridgehead atoms. The summed E-state index contributed by atoms with van der Waals surface area (Å²) in [5.41, 5.74) is 1.44. The second-order valence-electron chi connectivity index (χ2n) is 5.68. The number of nitrogens with one attached hydrogen (secondary N) is 1. The lowest BCUT2D eigenvalue weighted by Gasteiger charge is -2.18. The van der Waals surface area contributed by atoms with Crippen LogP contribution >= 0.6 is 11.8 Å². The normalized spacial score (nSPS) is 15.3. The number of rotatable bonds is 5. The van der Waals surface area contributed by atoms with Gasteiger partial charge in [0.05, 0.1) is 12.9 Å². The van der Waals surface area contributed by atoms with Gasteiger partial charge >= 0.3 is 0 Å². The molecule has 0 unspecified atom stereocenters. The molecule has 0 atom stereocenters. The van der Waals surface area contributed by atoms with E-state index < -0.39 is 5.91 Å². The van der Waals surface area contributed by atoms with Gasteiger partial charge in [-0.25, -0.2) is 0 Å². The zero-order valence-electron chi connectivity index (χ0n) is 14.6. The minimum atomic E-state index is -0.503. The predicted octanol–water partition coefficient (Wildman–Crippen LogP) is 2.83. The molecule has 6 nitrogen and oxygen atoms in total. The highest BCUT2D eigenvalue weighted by Crippen LogP contribution is 2.36. The molecule has 7 heteroatoms. The summed E-state index contributed by atoms with van der Waals surface area (Å²) >= 11 is 1.19. The van der Waals surface area contributed by atoms with Gasteiger partial charge in [-0.3, -0.25) is 14.5 Å². The summed E-state index contributed by atoms with van der Waals surface area (Å²) in [6.07, 6.45) is 0. The van der Waals surface area contributed by atoms with Crippen LogP contribution in [0.25, 0.3) is 0 Å². The van der Waals surface area contributed by atoms with Gasteiger partial charge in [0.2, 0.25) is 5.91 Å². The molecule has 0 aliphatic carbocycles. The smallest absolute Gasteiger partial charge is 0.264 e. The third kappa shape index (κ3) is 4.13. The number of thioether (sulfide) groups is 1. The van der Waals surface area contributed by atoms with Gasteiger partial charge in [-0.2, -0.15) is 5.26 Å². The van der Waals surface area contributed by atoms with Crippen molar-refractivity contribution in [3.8, 4) is 11.8 Å². The van der Waals surface area contributed by atoms with E-state index in [1.807, 2.05) is 36.4 Å². The number of amides is 2. The summed E-state index contributed by atoms with van der Waals surface area (Å²) in [6.45, 7) is 0.305. The van der Waals surface area contributed by atoms with Crippen LogP contribution in [0.2, 0.25) is 0 Å². The van der Waals surface area contributed by atoms with E-state index in [2.05, 4.69) is 5.32 Å². The van der Waals surface area contributed by atoms with Crippen LogP contribution in [-0.4, -0.2) is 24.7 Å². The van der Waals surface area contributed by atoms with Gasteiger partial charge in [0, 0.05) is 12.2 Å². The molecule has 1 aliphatic rings. The van der Waals surface area contributed by atoms with Gasteiger partial charge in [0.15, 0.2) is 0 Å². The van der Waals surface area contributed by atoms with Crippen molar-refractivity contribution < 1.29 is 14.3 Å². The number of anilines is 1. The average molecular weight is 379 g/mol. The Morgan fingerprint density at radius 1 is 1.22 bits per heavy atom. The van der Waals surface area contributed by atoms with Gasteiger partial charge in [-0.1, -0.05) is 42.1 Å². The maximum Gasteiger partial charge on any atom is 0.264 e. The molecule has 3 rings (SSSR count). The zero-order chi connectivity index (χ0) is 19.2. The molecule has 1 N–H and O–H groups in total. The van der Waals surface area contributed by atoms with Crippen LogP contribution in [-0.2, 0) is 16.1 Å². The summed E-state index contributed by atoms with van der Waals surface area (Å²) < 4.78 is 5.13. The number of nitriles is 1. The summed E-state index contributed by atoms with van der Waals surface area (Å²) in [6, 6.07) is 18.3. The Hall–Kier alpha value is -3.24. The number of carbonyl (C=O) groups is 2. The molecule has 1 heterocycles. The first kappa shape index (κ1) is 18.5. The van der Waals surface area contributed by atoms with Crippen LogP contribution in [0.3, 0.4) is 0 Å². The number of hydrogen-bond donors (Lipinski definition) is 1. The fourth-order valence-corrected chi connectivity index (χ4v) is 3.62. The van der Waals surface area contributed by atoms with Crippen LogP contribution in [0.15, 0.2) is 65.2 Å². The lowest BCUT2D eigenvalue weighted by atomic mass is 10.2. The molecule has 136 valence electrons. The van der Waals surface area contributed by atoms with Gasteiger partial charge in [0.1, 0.15) is 22.4 Å². The summed E-state index contributed by atoms with van der Waals surface area (Å²) in [5.74, 6) is 0.156. The van der Waals surface area contributed by atoms with Crippen molar-refractivity contribution in [2.24, 2.45) is 0 Å². The maximum atomic E-state index is 12.6. The minimum absolute atomic E-state index is 0.0717. The summed E-state index contributed by atoms with van der Waals surface area (Å²) in [4.78, 5) is 26.3. The first-order chi connectivity index (χ1) is 13.1. The SMILES string of the molecule is COc1ccc(N2C(=O)CS/C2=C(/C#N)C(=O)NCc2ccccc2)cc1. The van der Waals surface area contributed by atoms with Crippen molar-refractivity contribution in [3.63, 3.8) is 0 Å². The van der Waals surface area contributed by atoms with Gasteiger partial charge in [-0.15, -0.1) is 0 Å². The summed E-state index contributed by atoms with van der Waals surface area (Å²) in [7, 11) is 1.56. The molecule has 2 amide bonds. The minimum Gasteiger partial charge on any atom is -0.497 e. The molecule has 27 heavy (non-hydrogen) atoms. The quantitative estimate of drug-likeness (QED) is 0.638. The van der Waals surface area contributed by atoms with E-state index in [1.54, 1.807) is 31.4 Å². The van der Waals surface area contributed by atoms with E-state index in [4.69, 9.17) is 4.74 Å². The predicted molar refractivity (Wildman–Crippen MR) is 104 cm³/mol. The fourth-order valence-electron chi connectivity index (χ4n) is 2.61. The molecular weight excluding hydrogens is 362 g/mol. The van der Waals surface area contributed by atoms with Crippen LogP contribution in [0.4, 0.5) is 5.69 Å². The largest absolute Gasteiger partial charge is 0.497 e. The van der Waals surface area contributed by atoms with E-state index in [0.717, 1.165) is 5.56 Å². The lowest BCUT2D eigenvalue weighted by molar-refractivity contribution is -0.117.